The van der Waals surface area contributed by atoms with Gasteiger partial charge in [0.2, 0.25) is 0 Å². The number of hydrogen-bond acceptors (Lipinski definition) is 4. The van der Waals surface area contributed by atoms with E-state index in [1.54, 1.807) is 16.3 Å². The molecule has 0 bridgehead atoms. The summed E-state index contributed by atoms with van der Waals surface area (Å²) in [7, 11) is 0. The molecule has 0 saturated heterocycles. The van der Waals surface area contributed by atoms with Gasteiger partial charge in [-0.15, -0.1) is 0 Å². The second-order valence-electron chi connectivity index (χ2n) is 6.00. The van der Waals surface area contributed by atoms with Crippen LogP contribution in [0.5, 0.6) is 0 Å². The SMILES string of the molecule is CCCn1c(SCc2cn3cc(Br)ccc3n2)nc2ccccc2c1=O. The van der Waals surface area contributed by atoms with Gasteiger partial charge in [0.1, 0.15) is 5.65 Å². The summed E-state index contributed by atoms with van der Waals surface area (Å²) in [5, 5.41) is 1.41. The fourth-order valence-corrected chi connectivity index (χ4v) is 4.17. The molecular formula is C19H17BrN4OS. The van der Waals surface area contributed by atoms with E-state index in [1.165, 1.54) is 0 Å². The average molecular weight is 429 g/mol. The first kappa shape index (κ1) is 17.3. The molecule has 4 rings (SSSR count). The van der Waals surface area contributed by atoms with Crippen molar-refractivity contribution >= 4 is 44.2 Å². The molecule has 0 aliphatic rings. The molecule has 0 N–H and O–H groups in total. The lowest BCUT2D eigenvalue weighted by Crippen LogP contribution is -2.23. The van der Waals surface area contributed by atoms with Crippen molar-refractivity contribution in [2.45, 2.75) is 30.8 Å². The highest BCUT2D eigenvalue weighted by molar-refractivity contribution is 9.10. The van der Waals surface area contributed by atoms with Crippen LogP contribution in [0.3, 0.4) is 0 Å². The highest BCUT2D eigenvalue weighted by Gasteiger charge is 2.12. The third-order valence-electron chi connectivity index (χ3n) is 4.09. The van der Waals surface area contributed by atoms with Gasteiger partial charge in [0.05, 0.1) is 16.6 Å². The number of rotatable bonds is 5. The Morgan fingerprint density at radius 3 is 2.81 bits per heavy atom. The molecule has 0 radical (unpaired) electrons. The van der Waals surface area contributed by atoms with Crippen LogP contribution in [0.2, 0.25) is 0 Å². The first-order valence-corrected chi connectivity index (χ1v) is 10.2. The van der Waals surface area contributed by atoms with Crippen LogP contribution >= 0.6 is 27.7 Å². The van der Waals surface area contributed by atoms with Gasteiger partial charge in [-0.1, -0.05) is 30.8 Å². The minimum Gasteiger partial charge on any atom is -0.306 e. The van der Waals surface area contributed by atoms with E-state index >= 15 is 0 Å². The Kier molecular flexibility index (Phi) is 4.82. The van der Waals surface area contributed by atoms with Gasteiger partial charge in [-0.2, -0.15) is 0 Å². The van der Waals surface area contributed by atoms with Gasteiger partial charge in [-0.25, -0.2) is 9.97 Å². The minimum atomic E-state index is 0.0267. The van der Waals surface area contributed by atoms with E-state index < -0.39 is 0 Å². The van der Waals surface area contributed by atoms with Gasteiger partial charge in [-0.05, 0) is 46.6 Å². The summed E-state index contributed by atoms with van der Waals surface area (Å²) in [6, 6.07) is 11.5. The summed E-state index contributed by atoms with van der Waals surface area (Å²) in [4.78, 5) is 22.2. The number of imidazole rings is 1. The molecule has 0 amide bonds. The van der Waals surface area contributed by atoms with Gasteiger partial charge in [-0.3, -0.25) is 9.36 Å². The number of para-hydroxylation sites is 1. The van der Waals surface area contributed by atoms with Crippen LogP contribution in [0.25, 0.3) is 16.6 Å². The molecule has 132 valence electrons. The van der Waals surface area contributed by atoms with Crippen LogP contribution in [-0.2, 0) is 12.3 Å². The lowest BCUT2D eigenvalue weighted by atomic mass is 10.2. The van der Waals surface area contributed by atoms with Crippen molar-refractivity contribution in [2.75, 3.05) is 0 Å². The topological polar surface area (TPSA) is 52.2 Å². The Bertz CT molecular complexity index is 1150. The molecular weight excluding hydrogens is 412 g/mol. The normalized spacial score (nSPS) is 11.5. The molecule has 7 heteroatoms. The number of nitrogens with zero attached hydrogens (tertiary/aromatic N) is 4. The van der Waals surface area contributed by atoms with Gasteiger partial charge in [0, 0.05) is 29.2 Å². The maximum atomic E-state index is 12.8. The maximum absolute atomic E-state index is 12.8. The predicted octanol–water partition coefficient (Wildman–Crippen LogP) is 4.51. The van der Waals surface area contributed by atoms with Crippen molar-refractivity contribution in [3.63, 3.8) is 0 Å². The summed E-state index contributed by atoms with van der Waals surface area (Å²) >= 11 is 5.03. The molecule has 3 heterocycles. The molecule has 0 spiro atoms. The molecule has 0 saturated carbocycles. The van der Waals surface area contributed by atoms with E-state index in [9.17, 15) is 4.79 Å². The van der Waals surface area contributed by atoms with Crippen LogP contribution in [0.15, 0.2) is 63.2 Å². The fraction of sp³-hybridized carbons (Fsp3) is 0.211. The summed E-state index contributed by atoms with van der Waals surface area (Å²) in [5.74, 6) is 0.661. The van der Waals surface area contributed by atoms with Gasteiger partial charge in [0.15, 0.2) is 5.16 Å². The summed E-state index contributed by atoms with van der Waals surface area (Å²) in [6.07, 6.45) is 4.88. The number of pyridine rings is 1. The van der Waals surface area contributed by atoms with Crippen LogP contribution in [0.4, 0.5) is 0 Å². The summed E-state index contributed by atoms with van der Waals surface area (Å²) < 4.78 is 4.78. The van der Waals surface area contributed by atoms with E-state index in [0.717, 1.165) is 32.9 Å². The summed E-state index contributed by atoms with van der Waals surface area (Å²) in [6.45, 7) is 2.73. The largest absolute Gasteiger partial charge is 0.306 e. The van der Waals surface area contributed by atoms with Crippen molar-refractivity contribution in [2.24, 2.45) is 0 Å². The van der Waals surface area contributed by atoms with Crippen LogP contribution in [0, 0.1) is 0 Å². The number of benzene rings is 1. The lowest BCUT2D eigenvalue weighted by molar-refractivity contribution is 0.584. The molecule has 5 nitrogen and oxygen atoms in total. The van der Waals surface area contributed by atoms with E-state index in [4.69, 9.17) is 4.98 Å². The monoisotopic (exact) mass is 428 g/mol. The quantitative estimate of drug-likeness (QED) is 0.346. The first-order chi connectivity index (χ1) is 12.7. The number of hydrogen-bond donors (Lipinski definition) is 0. The Morgan fingerprint density at radius 2 is 1.96 bits per heavy atom. The second kappa shape index (κ2) is 7.25. The van der Waals surface area contributed by atoms with E-state index in [-0.39, 0.29) is 5.56 Å². The highest BCUT2D eigenvalue weighted by Crippen LogP contribution is 2.23. The second-order valence-corrected chi connectivity index (χ2v) is 7.86. The van der Waals surface area contributed by atoms with E-state index in [1.807, 2.05) is 53.2 Å². The van der Waals surface area contributed by atoms with Crippen LogP contribution in [-0.4, -0.2) is 18.9 Å². The van der Waals surface area contributed by atoms with E-state index in [2.05, 4.69) is 27.8 Å². The third-order valence-corrected chi connectivity index (χ3v) is 5.57. The average Bonchev–Trinajstić information content (AvgIpc) is 3.04. The Balaban J connectivity index is 1.69. The van der Waals surface area contributed by atoms with E-state index in [0.29, 0.717) is 17.7 Å². The van der Waals surface area contributed by atoms with Crippen molar-refractivity contribution in [3.05, 3.63) is 69.3 Å². The number of fused-ring (bicyclic) bond motifs is 2. The highest BCUT2D eigenvalue weighted by atomic mass is 79.9. The Morgan fingerprint density at radius 1 is 1.12 bits per heavy atom. The zero-order valence-electron chi connectivity index (χ0n) is 14.2. The van der Waals surface area contributed by atoms with Crippen molar-refractivity contribution in [1.82, 2.24) is 18.9 Å². The molecule has 3 aromatic heterocycles. The number of halogens is 1. The molecule has 0 unspecified atom stereocenters. The standard InChI is InChI=1S/C19H17BrN4OS/c1-2-9-24-18(25)15-5-3-4-6-16(15)22-19(24)26-12-14-11-23-10-13(20)7-8-17(23)21-14/h3-8,10-11H,2,9,12H2,1H3. The van der Waals surface area contributed by atoms with Crippen molar-refractivity contribution in [1.29, 1.82) is 0 Å². The lowest BCUT2D eigenvalue weighted by Gasteiger charge is -2.11. The van der Waals surface area contributed by atoms with Gasteiger partial charge >= 0.3 is 0 Å². The molecule has 4 aromatic rings. The molecule has 0 fully saturated rings. The molecule has 26 heavy (non-hydrogen) atoms. The van der Waals surface area contributed by atoms with Crippen molar-refractivity contribution < 1.29 is 0 Å². The molecule has 0 atom stereocenters. The maximum Gasteiger partial charge on any atom is 0.262 e. The van der Waals surface area contributed by atoms with Crippen molar-refractivity contribution in [3.8, 4) is 0 Å². The Hall–Kier alpha value is -2.12. The molecule has 1 aromatic carbocycles. The third kappa shape index (κ3) is 3.29. The first-order valence-electron chi connectivity index (χ1n) is 8.41. The van der Waals surface area contributed by atoms with Crippen LogP contribution < -0.4 is 5.56 Å². The Labute approximate surface area is 163 Å². The smallest absolute Gasteiger partial charge is 0.262 e. The fourth-order valence-electron chi connectivity index (χ4n) is 2.90. The molecule has 0 aliphatic carbocycles. The summed E-state index contributed by atoms with van der Waals surface area (Å²) in [5.41, 5.74) is 2.63. The van der Waals surface area contributed by atoms with Gasteiger partial charge in [0.25, 0.3) is 5.56 Å². The zero-order chi connectivity index (χ0) is 18.1. The minimum absolute atomic E-state index is 0.0267. The number of thioether (sulfide) groups is 1. The predicted molar refractivity (Wildman–Crippen MR) is 109 cm³/mol. The van der Waals surface area contributed by atoms with Crippen LogP contribution in [0.1, 0.15) is 19.0 Å². The number of aromatic nitrogens is 4. The zero-order valence-corrected chi connectivity index (χ0v) is 16.6. The molecule has 0 aliphatic heterocycles. The van der Waals surface area contributed by atoms with Gasteiger partial charge < -0.3 is 4.40 Å².